The van der Waals surface area contributed by atoms with Gasteiger partial charge in [-0.3, -0.25) is 4.90 Å². The minimum absolute atomic E-state index is 0.217. The number of nitrogens with zero attached hydrogens (tertiary/aromatic N) is 1. The van der Waals surface area contributed by atoms with Crippen molar-refractivity contribution in [3.05, 3.63) is 29.6 Å². The summed E-state index contributed by atoms with van der Waals surface area (Å²) < 4.78 is 18.9. The lowest BCUT2D eigenvalue weighted by Crippen LogP contribution is -2.47. The smallest absolute Gasteiger partial charge is 0.165 e. The van der Waals surface area contributed by atoms with Crippen LogP contribution in [0.25, 0.3) is 0 Å². The van der Waals surface area contributed by atoms with Crippen LogP contribution in [0.4, 0.5) is 4.39 Å². The standard InChI is InChI=1S/C14H20FNO2/c1-3-12-9-18-10(2)7-16(12)8-11-4-5-14(17)13(15)6-11/h4-6,10,12,17H,3,7-9H2,1-2H3. The molecule has 1 aliphatic heterocycles. The van der Waals surface area contributed by atoms with Gasteiger partial charge >= 0.3 is 0 Å². The summed E-state index contributed by atoms with van der Waals surface area (Å²) in [5, 5.41) is 9.18. The molecule has 1 aromatic rings. The van der Waals surface area contributed by atoms with Gasteiger partial charge in [0.2, 0.25) is 0 Å². The van der Waals surface area contributed by atoms with Gasteiger partial charge in [-0.25, -0.2) is 4.39 Å². The Morgan fingerprint density at radius 1 is 1.50 bits per heavy atom. The Kier molecular flexibility index (Phi) is 4.19. The first-order valence-electron chi connectivity index (χ1n) is 6.43. The quantitative estimate of drug-likeness (QED) is 0.898. The molecule has 18 heavy (non-hydrogen) atoms. The highest BCUT2D eigenvalue weighted by molar-refractivity contribution is 5.28. The van der Waals surface area contributed by atoms with E-state index < -0.39 is 5.82 Å². The SMILES string of the molecule is CCC1COC(C)CN1Cc1ccc(O)c(F)c1. The first kappa shape index (κ1) is 13.3. The van der Waals surface area contributed by atoms with Crippen molar-refractivity contribution >= 4 is 0 Å². The van der Waals surface area contributed by atoms with Crippen molar-refractivity contribution in [2.75, 3.05) is 13.2 Å². The molecule has 2 unspecified atom stereocenters. The molecule has 0 radical (unpaired) electrons. The fourth-order valence-corrected chi connectivity index (χ4v) is 2.37. The zero-order chi connectivity index (χ0) is 13.1. The number of benzene rings is 1. The third-order valence-electron chi connectivity index (χ3n) is 3.45. The molecule has 1 heterocycles. The maximum absolute atomic E-state index is 13.3. The van der Waals surface area contributed by atoms with Gasteiger partial charge in [0, 0.05) is 19.1 Å². The summed E-state index contributed by atoms with van der Waals surface area (Å²) in [6.45, 7) is 6.48. The summed E-state index contributed by atoms with van der Waals surface area (Å²) in [5.74, 6) is -0.844. The number of rotatable bonds is 3. The second kappa shape index (κ2) is 5.67. The van der Waals surface area contributed by atoms with Gasteiger partial charge in [-0.1, -0.05) is 13.0 Å². The molecule has 0 saturated carbocycles. The van der Waals surface area contributed by atoms with E-state index in [0.717, 1.165) is 25.1 Å². The Morgan fingerprint density at radius 3 is 2.94 bits per heavy atom. The Hall–Kier alpha value is -1.13. The fraction of sp³-hybridized carbons (Fsp3) is 0.571. The largest absolute Gasteiger partial charge is 0.505 e. The van der Waals surface area contributed by atoms with Crippen LogP contribution in [-0.4, -0.2) is 35.3 Å². The third kappa shape index (κ3) is 3.00. The van der Waals surface area contributed by atoms with Crippen molar-refractivity contribution in [1.82, 2.24) is 4.90 Å². The summed E-state index contributed by atoms with van der Waals surface area (Å²) in [5.41, 5.74) is 0.887. The average molecular weight is 253 g/mol. The molecule has 2 atom stereocenters. The van der Waals surface area contributed by atoms with Crippen LogP contribution in [0, 0.1) is 5.82 Å². The molecule has 4 heteroatoms. The highest BCUT2D eigenvalue weighted by Gasteiger charge is 2.25. The number of phenolic OH excluding ortho intramolecular Hbond substituents is 1. The van der Waals surface area contributed by atoms with E-state index in [1.807, 2.05) is 0 Å². The number of aromatic hydroxyl groups is 1. The van der Waals surface area contributed by atoms with Crippen molar-refractivity contribution < 1.29 is 14.2 Å². The van der Waals surface area contributed by atoms with Crippen LogP contribution in [-0.2, 0) is 11.3 Å². The second-order valence-electron chi connectivity index (χ2n) is 4.92. The molecule has 0 amide bonds. The molecule has 0 spiro atoms. The van der Waals surface area contributed by atoms with Gasteiger partial charge in [0.1, 0.15) is 0 Å². The molecular weight excluding hydrogens is 233 g/mol. The lowest BCUT2D eigenvalue weighted by atomic mass is 10.1. The molecule has 100 valence electrons. The van der Waals surface area contributed by atoms with Crippen LogP contribution >= 0.6 is 0 Å². The van der Waals surface area contributed by atoms with Gasteiger partial charge in [-0.05, 0) is 31.0 Å². The molecule has 1 saturated heterocycles. The molecule has 3 nitrogen and oxygen atoms in total. The van der Waals surface area contributed by atoms with E-state index in [4.69, 9.17) is 4.74 Å². The fourth-order valence-electron chi connectivity index (χ4n) is 2.37. The summed E-state index contributed by atoms with van der Waals surface area (Å²) in [4.78, 5) is 2.32. The predicted octanol–water partition coefficient (Wildman–Crippen LogP) is 2.53. The molecule has 1 aliphatic rings. The van der Waals surface area contributed by atoms with Crippen LogP contribution in [0.1, 0.15) is 25.8 Å². The van der Waals surface area contributed by atoms with Gasteiger partial charge in [-0.2, -0.15) is 0 Å². The molecule has 1 aromatic carbocycles. The zero-order valence-corrected chi connectivity index (χ0v) is 10.9. The molecule has 0 aliphatic carbocycles. The van der Waals surface area contributed by atoms with E-state index in [-0.39, 0.29) is 11.9 Å². The number of hydrogen-bond acceptors (Lipinski definition) is 3. The van der Waals surface area contributed by atoms with Gasteiger partial charge in [0.25, 0.3) is 0 Å². The summed E-state index contributed by atoms with van der Waals surface area (Å²) in [6, 6.07) is 4.97. The van der Waals surface area contributed by atoms with Crippen molar-refractivity contribution in [3.8, 4) is 5.75 Å². The van der Waals surface area contributed by atoms with Crippen LogP contribution in [0.5, 0.6) is 5.75 Å². The average Bonchev–Trinajstić information content (AvgIpc) is 2.34. The van der Waals surface area contributed by atoms with Crippen molar-refractivity contribution in [1.29, 1.82) is 0 Å². The number of halogens is 1. The lowest BCUT2D eigenvalue weighted by molar-refractivity contribution is -0.0592. The number of ether oxygens (including phenoxy) is 1. The predicted molar refractivity (Wildman–Crippen MR) is 68.0 cm³/mol. The highest BCUT2D eigenvalue weighted by atomic mass is 19.1. The van der Waals surface area contributed by atoms with Gasteiger partial charge < -0.3 is 9.84 Å². The number of morpholine rings is 1. The summed E-state index contributed by atoms with van der Waals surface area (Å²) in [7, 11) is 0. The van der Waals surface area contributed by atoms with E-state index in [1.54, 1.807) is 6.07 Å². The maximum Gasteiger partial charge on any atom is 0.165 e. The van der Waals surface area contributed by atoms with Crippen LogP contribution in [0.15, 0.2) is 18.2 Å². The minimum atomic E-state index is -0.554. The van der Waals surface area contributed by atoms with Crippen LogP contribution < -0.4 is 0 Å². The van der Waals surface area contributed by atoms with Crippen molar-refractivity contribution in [3.63, 3.8) is 0 Å². The van der Waals surface area contributed by atoms with Crippen molar-refractivity contribution in [2.45, 2.75) is 39.0 Å². The maximum atomic E-state index is 13.3. The topological polar surface area (TPSA) is 32.7 Å². The number of phenols is 1. The Morgan fingerprint density at radius 2 is 2.28 bits per heavy atom. The second-order valence-corrected chi connectivity index (χ2v) is 4.92. The minimum Gasteiger partial charge on any atom is -0.505 e. The Bertz CT molecular complexity index is 411. The van der Waals surface area contributed by atoms with E-state index in [1.165, 1.54) is 12.1 Å². The Balaban J connectivity index is 2.08. The van der Waals surface area contributed by atoms with Gasteiger partial charge in [0.15, 0.2) is 11.6 Å². The lowest BCUT2D eigenvalue weighted by Gasteiger charge is -2.38. The van der Waals surface area contributed by atoms with E-state index in [9.17, 15) is 9.50 Å². The molecule has 2 rings (SSSR count). The Labute approximate surface area is 107 Å². The molecule has 1 fully saturated rings. The summed E-state index contributed by atoms with van der Waals surface area (Å²) >= 11 is 0. The van der Waals surface area contributed by atoms with Gasteiger partial charge in [0.05, 0.1) is 12.7 Å². The molecular formula is C14H20FNO2. The molecule has 1 N–H and O–H groups in total. The molecule has 0 aromatic heterocycles. The number of hydrogen-bond donors (Lipinski definition) is 1. The zero-order valence-electron chi connectivity index (χ0n) is 10.9. The monoisotopic (exact) mass is 253 g/mol. The van der Waals surface area contributed by atoms with E-state index in [2.05, 4.69) is 18.7 Å². The normalized spacial score (nSPS) is 25.3. The first-order valence-corrected chi connectivity index (χ1v) is 6.43. The van der Waals surface area contributed by atoms with E-state index in [0.29, 0.717) is 12.6 Å². The molecule has 0 bridgehead atoms. The highest BCUT2D eigenvalue weighted by Crippen LogP contribution is 2.21. The van der Waals surface area contributed by atoms with Crippen molar-refractivity contribution in [2.24, 2.45) is 0 Å². The third-order valence-corrected chi connectivity index (χ3v) is 3.45. The van der Waals surface area contributed by atoms with Crippen LogP contribution in [0.2, 0.25) is 0 Å². The van der Waals surface area contributed by atoms with Gasteiger partial charge in [-0.15, -0.1) is 0 Å². The van der Waals surface area contributed by atoms with E-state index >= 15 is 0 Å². The summed E-state index contributed by atoms with van der Waals surface area (Å²) in [6.07, 6.45) is 1.24. The first-order chi connectivity index (χ1) is 8.60. The van der Waals surface area contributed by atoms with Crippen LogP contribution in [0.3, 0.4) is 0 Å².